The minimum Gasteiger partial charge on any atom is -0.462 e. The van der Waals surface area contributed by atoms with Gasteiger partial charge in [0.05, 0.1) is 12.7 Å². The van der Waals surface area contributed by atoms with Gasteiger partial charge in [0.2, 0.25) is 0 Å². The van der Waals surface area contributed by atoms with Crippen molar-refractivity contribution in [1.29, 1.82) is 0 Å². The Morgan fingerprint density at radius 1 is 1.09 bits per heavy atom. The number of carbonyl (C=O) groups is 1. The second kappa shape index (κ2) is 7.56. The minimum absolute atomic E-state index is 0.0849. The SMILES string of the molecule is CC(=O)O[C@H]1CC[C@@]2(C)C(=CCC3C4CC5OC6(CC[C@@H](C)CO6)C(C)C5[C@@]4(C)CCC32)C1. The molecule has 33 heavy (non-hydrogen) atoms. The van der Waals surface area contributed by atoms with Crippen molar-refractivity contribution < 1.29 is 19.0 Å². The molecular formula is C29H44O4. The lowest BCUT2D eigenvalue weighted by atomic mass is 9.47. The molecule has 4 heteroatoms. The Balaban J connectivity index is 1.24. The molecule has 6 rings (SSSR count). The van der Waals surface area contributed by atoms with Gasteiger partial charge in [0, 0.05) is 25.7 Å². The van der Waals surface area contributed by atoms with Crippen molar-refractivity contribution in [3.05, 3.63) is 11.6 Å². The molecular weight excluding hydrogens is 412 g/mol. The summed E-state index contributed by atoms with van der Waals surface area (Å²) in [7, 11) is 0. The second-order valence-electron chi connectivity index (χ2n) is 13.3. The summed E-state index contributed by atoms with van der Waals surface area (Å²) >= 11 is 0. The maximum atomic E-state index is 11.5. The Bertz CT molecular complexity index is 841. The highest BCUT2D eigenvalue weighted by Gasteiger charge is 2.68. The van der Waals surface area contributed by atoms with Crippen molar-refractivity contribution in [1.82, 2.24) is 0 Å². The Morgan fingerprint density at radius 3 is 2.64 bits per heavy atom. The third-order valence-corrected chi connectivity index (χ3v) is 11.7. The Labute approximate surface area is 200 Å². The third-order valence-electron chi connectivity index (χ3n) is 11.7. The summed E-state index contributed by atoms with van der Waals surface area (Å²) in [5, 5.41) is 0. The predicted octanol–water partition coefficient (Wildman–Crippen LogP) is 6.28. The van der Waals surface area contributed by atoms with E-state index in [1.165, 1.54) is 32.1 Å². The molecule has 0 bridgehead atoms. The molecule has 0 amide bonds. The number of allylic oxidation sites excluding steroid dienone is 1. The summed E-state index contributed by atoms with van der Waals surface area (Å²) in [5.41, 5.74) is 2.24. The average Bonchev–Trinajstić information content (AvgIpc) is 3.21. The maximum absolute atomic E-state index is 11.5. The molecule has 2 saturated heterocycles. The van der Waals surface area contributed by atoms with Crippen LogP contribution in [-0.4, -0.2) is 30.6 Å². The molecule has 0 N–H and O–H groups in total. The van der Waals surface area contributed by atoms with Gasteiger partial charge in [-0.1, -0.05) is 39.3 Å². The first-order valence-corrected chi connectivity index (χ1v) is 13.8. The molecule has 4 aliphatic carbocycles. The van der Waals surface area contributed by atoms with E-state index in [9.17, 15) is 4.79 Å². The van der Waals surface area contributed by atoms with Crippen molar-refractivity contribution in [2.45, 2.75) is 110 Å². The van der Waals surface area contributed by atoms with E-state index in [1.807, 2.05) is 0 Å². The normalized spacial score (nSPS) is 55.2. The number of ether oxygens (including phenoxy) is 3. The highest BCUT2D eigenvalue weighted by Crippen LogP contribution is 2.70. The van der Waals surface area contributed by atoms with Crippen LogP contribution in [0.1, 0.15) is 92.4 Å². The van der Waals surface area contributed by atoms with Gasteiger partial charge < -0.3 is 14.2 Å². The maximum Gasteiger partial charge on any atom is 0.302 e. The lowest BCUT2D eigenvalue weighted by Crippen LogP contribution is -2.52. The summed E-state index contributed by atoms with van der Waals surface area (Å²) in [6, 6.07) is 0. The number of hydrogen-bond acceptors (Lipinski definition) is 4. The fourth-order valence-corrected chi connectivity index (χ4v) is 9.98. The molecule has 6 aliphatic rings. The highest BCUT2D eigenvalue weighted by atomic mass is 16.7. The van der Waals surface area contributed by atoms with Crippen LogP contribution >= 0.6 is 0 Å². The van der Waals surface area contributed by atoms with Crippen LogP contribution in [0.5, 0.6) is 0 Å². The first-order valence-electron chi connectivity index (χ1n) is 13.8. The van der Waals surface area contributed by atoms with Crippen LogP contribution in [0, 0.1) is 46.3 Å². The van der Waals surface area contributed by atoms with Gasteiger partial charge in [-0.3, -0.25) is 4.79 Å². The van der Waals surface area contributed by atoms with E-state index in [4.69, 9.17) is 14.2 Å². The van der Waals surface area contributed by atoms with Crippen LogP contribution in [0.15, 0.2) is 11.6 Å². The molecule has 2 heterocycles. The van der Waals surface area contributed by atoms with Gasteiger partial charge in [-0.2, -0.15) is 0 Å². The van der Waals surface area contributed by atoms with E-state index in [1.54, 1.807) is 12.5 Å². The zero-order valence-electron chi connectivity index (χ0n) is 21.4. The lowest BCUT2D eigenvalue weighted by molar-refractivity contribution is -0.272. The zero-order chi connectivity index (χ0) is 23.2. The molecule has 1 spiro atoms. The van der Waals surface area contributed by atoms with E-state index >= 15 is 0 Å². The zero-order valence-corrected chi connectivity index (χ0v) is 21.4. The van der Waals surface area contributed by atoms with Gasteiger partial charge >= 0.3 is 5.97 Å². The van der Waals surface area contributed by atoms with Gasteiger partial charge in [0.15, 0.2) is 5.79 Å². The van der Waals surface area contributed by atoms with Gasteiger partial charge in [-0.15, -0.1) is 0 Å². The van der Waals surface area contributed by atoms with Gasteiger partial charge in [0.25, 0.3) is 0 Å². The summed E-state index contributed by atoms with van der Waals surface area (Å²) < 4.78 is 19.0. The van der Waals surface area contributed by atoms with Crippen LogP contribution in [0.25, 0.3) is 0 Å². The van der Waals surface area contributed by atoms with E-state index < -0.39 is 0 Å². The fourth-order valence-electron chi connectivity index (χ4n) is 9.98. The standard InChI is InChI=1S/C29H44O4/c1-17-8-13-29(31-16-17)18(2)26-25(33-29)15-24-22-7-6-20-14-21(32-19(3)30)9-11-27(20,4)23(22)10-12-28(24,26)5/h6,17-18,21-26H,7-16H2,1-5H3/t17-,18?,21+,22?,23?,24?,25?,26?,27+,28+,29?/m1/s1. The molecule has 0 aromatic heterocycles. The first kappa shape index (κ1) is 22.6. The van der Waals surface area contributed by atoms with E-state index in [2.05, 4.69) is 33.8 Å². The van der Waals surface area contributed by atoms with Crippen LogP contribution < -0.4 is 0 Å². The number of rotatable bonds is 1. The summed E-state index contributed by atoms with van der Waals surface area (Å²) in [5.74, 6) is 3.64. The van der Waals surface area contributed by atoms with Gasteiger partial charge in [-0.25, -0.2) is 0 Å². The molecule has 4 nitrogen and oxygen atoms in total. The molecule has 0 radical (unpaired) electrons. The number of carbonyl (C=O) groups excluding carboxylic acids is 1. The van der Waals surface area contributed by atoms with Crippen molar-refractivity contribution >= 4 is 5.97 Å². The molecule has 184 valence electrons. The summed E-state index contributed by atoms with van der Waals surface area (Å²) in [6.07, 6.45) is 13.6. The molecule has 0 aromatic rings. The van der Waals surface area contributed by atoms with Crippen LogP contribution in [0.4, 0.5) is 0 Å². The predicted molar refractivity (Wildman–Crippen MR) is 127 cm³/mol. The van der Waals surface area contributed by atoms with Crippen molar-refractivity contribution in [2.24, 2.45) is 46.3 Å². The Morgan fingerprint density at radius 2 is 1.91 bits per heavy atom. The van der Waals surface area contributed by atoms with Crippen molar-refractivity contribution in [3.8, 4) is 0 Å². The number of esters is 1. The summed E-state index contributed by atoms with van der Waals surface area (Å²) in [4.78, 5) is 11.5. The van der Waals surface area contributed by atoms with Crippen LogP contribution in [0.2, 0.25) is 0 Å². The highest BCUT2D eigenvalue weighted by molar-refractivity contribution is 5.66. The van der Waals surface area contributed by atoms with Crippen LogP contribution in [-0.2, 0) is 19.0 Å². The molecule has 3 saturated carbocycles. The second-order valence-corrected chi connectivity index (χ2v) is 13.3. The minimum atomic E-state index is -0.312. The van der Waals surface area contributed by atoms with E-state index in [0.29, 0.717) is 29.3 Å². The van der Waals surface area contributed by atoms with Crippen molar-refractivity contribution in [2.75, 3.05) is 6.61 Å². The molecule has 7 unspecified atom stereocenters. The number of hydrogen-bond donors (Lipinski definition) is 0. The van der Waals surface area contributed by atoms with Gasteiger partial charge in [-0.05, 0) is 85.4 Å². The monoisotopic (exact) mass is 456 g/mol. The molecule has 5 fully saturated rings. The van der Waals surface area contributed by atoms with Crippen LogP contribution in [0.3, 0.4) is 0 Å². The topological polar surface area (TPSA) is 44.8 Å². The fraction of sp³-hybridized carbons (Fsp3) is 0.897. The largest absolute Gasteiger partial charge is 0.462 e. The number of fused-ring (bicyclic) bond motifs is 7. The van der Waals surface area contributed by atoms with E-state index in [-0.39, 0.29) is 23.3 Å². The third kappa shape index (κ3) is 3.18. The Kier molecular flexibility index (Phi) is 5.18. The van der Waals surface area contributed by atoms with Gasteiger partial charge in [0.1, 0.15) is 6.10 Å². The van der Waals surface area contributed by atoms with Crippen molar-refractivity contribution in [3.63, 3.8) is 0 Å². The Hall–Kier alpha value is -0.870. The quantitative estimate of drug-likeness (QED) is 0.344. The lowest BCUT2D eigenvalue weighted by Gasteiger charge is -2.58. The first-order chi connectivity index (χ1) is 15.7. The smallest absolute Gasteiger partial charge is 0.302 e. The molecule has 0 aromatic carbocycles. The molecule has 2 aliphatic heterocycles. The summed E-state index contributed by atoms with van der Waals surface area (Å²) in [6.45, 7) is 12.3. The average molecular weight is 457 g/mol. The van der Waals surface area contributed by atoms with E-state index in [0.717, 1.165) is 50.0 Å². The molecule has 11 atom stereocenters.